The Morgan fingerprint density at radius 3 is 3.21 bits per heavy atom. The second-order valence-electron chi connectivity index (χ2n) is 5.55. The fourth-order valence-electron chi connectivity index (χ4n) is 2.86. The number of nitrogens with zero attached hydrogens (tertiary/aromatic N) is 2. The largest absolute Gasteiger partial charge is 0.449 e. The van der Waals surface area contributed by atoms with Crippen LogP contribution < -0.4 is 5.32 Å². The first-order chi connectivity index (χ1) is 9.31. The van der Waals surface area contributed by atoms with E-state index in [-0.39, 0.29) is 0 Å². The third kappa shape index (κ3) is 4.62. The van der Waals surface area contributed by atoms with E-state index in [0.717, 1.165) is 49.9 Å². The number of likely N-dealkylation sites (tertiary alicyclic amines) is 1. The Morgan fingerprint density at radius 1 is 1.53 bits per heavy atom. The van der Waals surface area contributed by atoms with Crippen molar-refractivity contribution in [2.24, 2.45) is 5.92 Å². The minimum absolute atomic E-state index is 0.720. The van der Waals surface area contributed by atoms with Crippen molar-refractivity contribution >= 4 is 0 Å². The van der Waals surface area contributed by atoms with Crippen LogP contribution in [0.4, 0.5) is 0 Å². The molecule has 1 unspecified atom stereocenters. The van der Waals surface area contributed by atoms with Crippen LogP contribution in [0.5, 0.6) is 0 Å². The van der Waals surface area contributed by atoms with E-state index >= 15 is 0 Å². The van der Waals surface area contributed by atoms with Gasteiger partial charge in [0.15, 0.2) is 5.89 Å². The lowest BCUT2D eigenvalue weighted by atomic mass is 9.95. The SMILES string of the molecule is CCN1CCCC(Cc2nc(CCCNC)co2)C1. The summed E-state index contributed by atoms with van der Waals surface area (Å²) in [7, 11) is 1.98. The number of nitrogens with one attached hydrogen (secondary N) is 1. The summed E-state index contributed by atoms with van der Waals surface area (Å²) < 4.78 is 5.62. The highest BCUT2D eigenvalue weighted by Crippen LogP contribution is 2.20. The monoisotopic (exact) mass is 265 g/mol. The van der Waals surface area contributed by atoms with Gasteiger partial charge in [0.2, 0.25) is 0 Å². The molecule has 0 spiro atoms. The number of aryl methyl sites for hydroxylation is 1. The second-order valence-corrected chi connectivity index (χ2v) is 5.55. The van der Waals surface area contributed by atoms with Crippen LogP contribution in [-0.2, 0) is 12.8 Å². The van der Waals surface area contributed by atoms with Gasteiger partial charge in [-0.15, -0.1) is 0 Å². The van der Waals surface area contributed by atoms with Gasteiger partial charge in [0.05, 0.1) is 5.69 Å². The van der Waals surface area contributed by atoms with E-state index in [2.05, 4.69) is 22.1 Å². The van der Waals surface area contributed by atoms with Crippen molar-refractivity contribution in [2.75, 3.05) is 33.2 Å². The molecule has 2 rings (SSSR count). The minimum Gasteiger partial charge on any atom is -0.449 e. The van der Waals surface area contributed by atoms with Crippen LogP contribution in [0.15, 0.2) is 10.7 Å². The Bertz CT molecular complexity index is 364. The van der Waals surface area contributed by atoms with Crippen molar-refractivity contribution in [3.63, 3.8) is 0 Å². The van der Waals surface area contributed by atoms with Crippen LogP contribution in [-0.4, -0.2) is 43.1 Å². The lowest BCUT2D eigenvalue weighted by molar-refractivity contribution is 0.176. The van der Waals surface area contributed by atoms with Crippen LogP contribution in [0.25, 0.3) is 0 Å². The molecule has 1 N–H and O–H groups in total. The smallest absolute Gasteiger partial charge is 0.194 e. The summed E-state index contributed by atoms with van der Waals surface area (Å²) >= 11 is 0. The highest BCUT2D eigenvalue weighted by molar-refractivity contribution is 4.98. The normalized spacial score (nSPS) is 20.8. The summed E-state index contributed by atoms with van der Waals surface area (Å²) in [6, 6.07) is 0. The second kappa shape index (κ2) is 7.65. The Labute approximate surface area is 116 Å². The molecule has 1 aromatic heterocycles. The molecule has 2 heterocycles. The molecular formula is C15H27N3O. The van der Waals surface area contributed by atoms with Gasteiger partial charge in [-0.1, -0.05) is 6.92 Å². The van der Waals surface area contributed by atoms with Gasteiger partial charge in [-0.25, -0.2) is 4.98 Å². The summed E-state index contributed by atoms with van der Waals surface area (Å²) in [5.74, 6) is 1.65. The molecule has 1 aliphatic rings. The van der Waals surface area contributed by atoms with Gasteiger partial charge < -0.3 is 14.6 Å². The molecule has 4 heteroatoms. The zero-order chi connectivity index (χ0) is 13.5. The third-order valence-electron chi connectivity index (χ3n) is 3.97. The van der Waals surface area contributed by atoms with Crippen LogP contribution in [0, 0.1) is 5.92 Å². The van der Waals surface area contributed by atoms with Crippen molar-refractivity contribution in [1.82, 2.24) is 15.2 Å². The fraction of sp³-hybridized carbons (Fsp3) is 0.800. The fourth-order valence-corrected chi connectivity index (χ4v) is 2.86. The average Bonchev–Trinajstić information content (AvgIpc) is 2.87. The summed E-state index contributed by atoms with van der Waals surface area (Å²) in [4.78, 5) is 7.15. The maximum absolute atomic E-state index is 5.62. The van der Waals surface area contributed by atoms with E-state index < -0.39 is 0 Å². The molecule has 0 radical (unpaired) electrons. The average molecular weight is 265 g/mol. The van der Waals surface area contributed by atoms with Gasteiger partial charge in [0.1, 0.15) is 6.26 Å². The topological polar surface area (TPSA) is 41.3 Å². The van der Waals surface area contributed by atoms with Gasteiger partial charge in [-0.2, -0.15) is 0 Å². The van der Waals surface area contributed by atoms with Crippen molar-refractivity contribution < 1.29 is 4.42 Å². The summed E-state index contributed by atoms with van der Waals surface area (Å²) in [5.41, 5.74) is 1.11. The quantitative estimate of drug-likeness (QED) is 0.767. The molecule has 1 aromatic rings. The number of hydrogen-bond donors (Lipinski definition) is 1. The molecule has 0 saturated carbocycles. The number of piperidine rings is 1. The number of rotatable bonds is 7. The van der Waals surface area contributed by atoms with E-state index in [4.69, 9.17) is 4.42 Å². The van der Waals surface area contributed by atoms with Crippen molar-refractivity contribution in [2.45, 2.75) is 39.0 Å². The first-order valence-corrected chi connectivity index (χ1v) is 7.62. The molecule has 0 aliphatic carbocycles. The number of oxazole rings is 1. The molecule has 4 nitrogen and oxygen atoms in total. The molecule has 19 heavy (non-hydrogen) atoms. The number of aromatic nitrogens is 1. The predicted molar refractivity (Wildman–Crippen MR) is 77.3 cm³/mol. The Hall–Kier alpha value is -0.870. The Kier molecular flexibility index (Phi) is 5.86. The van der Waals surface area contributed by atoms with Gasteiger partial charge in [0, 0.05) is 13.0 Å². The lowest BCUT2D eigenvalue weighted by Gasteiger charge is -2.31. The summed E-state index contributed by atoms with van der Waals surface area (Å²) in [5, 5.41) is 3.16. The maximum atomic E-state index is 5.62. The summed E-state index contributed by atoms with van der Waals surface area (Å²) in [6.45, 7) is 6.91. The van der Waals surface area contributed by atoms with Crippen LogP contribution >= 0.6 is 0 Å². The van der Waals surface area contributed by atoms with Gasteiger partial charge in [-0.3, -0.25) is 0 Å². The predicted octanol–water partition coefficient (Wildman–Crippen LogP) is 2.10. The zero-order valence-electron chi connectivity index (χ0n) is 12.3. The van der Waals surface area contributed by atoms with E-state index in [9.17, 15) is 0 Å². The first-order valence-electron chi connectivity index (χ1n) is 7.62. The van der Waals surface area contributed by atoms with Crippen LogP contribution in [0.2, 0.25) is 0 Å². The Morgan fingerprint density at radius 2 is 2.42 bits per heavy atom. The molecular weight excluding hydrogens is 238 g/mol. The van der Waals surface area contributed by atoms with Crippen molar-refractivity contribution in [3.05, 3.63) is 17.8 Å². The van der Waals surface area contributed by atoms with E-state index in [1.54, 1.807) is 0 Å². The molecule has 1 aliphatic heterocycles. The lowest BCUT2D eigenvalue weighted by Crippen LogP contribution is -2.35. The molecule has 108 valence electrons. The van der Waals surface area contributed by atoms with Gasteiger partial charge in [-0.05, 0) is 58.3 Å². The van der Waals surface area contributed by atoms with E-state index in [1.807, 2.05) is 13.3 Å². The first kappa shape index (κ1) is 14.5. The third-order valence-corrected chi connectivity index (χ3v) is 3.97. The molecule has 1 saturated heterocycles. The molecule has 1 atom stereocenters. The van der Waals surface area contributed by atoms with E-state index in [1.165, 1.54) is 25.9 Å². The minimum atomic E-state index is 0.720. The van der Waals surface area contributed by atoms with Crippen LogP contribution in [0.1, 0.15) is 37.8 Å². The van der Waals surface area contributed by atoms with Crippen molar-refractivity contribution in [1.29, 1.82) is 0 Å². The standard InChI is InChI=1S/C15H27N3O/c1-3-18-9-5-6-13(11-18)10-15-17-14(12-19-15)7-4-8-16-2/h12-13,16H,3-11H2,1-2H3. The van der Waals surface area contributed by atoms with Crippen LogP contribution in [0.3, 0.4) is 0 Å². The summed E-state index contributed by atoms with van der Waals surface area (Å²) in [6.07, 6.45) is 7.60. The van der Waals surface area contributed by atoms with Gasteiger partial charge in [0.25, 0.3) is 0 Å². The number of hydrogen-bond acceptors (Lipinski definition) is 4. The Balaban J connectivity index is 1.78. The molecule has 0 aromatic carbocycles. The molecule has 1 fully saturated rings. The highest BCUT2D eigenvalue weighted by Gasteiger charge is 2.20. The molecule has 0 bridgehead atoms. The molecule has 0 amide bonds. The van der Waals surface area contributed by atoms with Crippen molar-refractivity contribution in [3.8, 4) is 0 Å². The maximum Gasteiger partial charge on any atom is 0.194 e. The van der Waals surface area contributed by atoms with Gasteiger partial charge >= 0.3 is 0 Å². The van der Waals surface area contributed by atoms with E-state index in [0.29, 0.717) is 0 Å². The zero-order valence-corrected chi connectivity index (χ0v) is 12.3. The highest BCUT2D eigenvalue weighted by atomic mass is 16.3.